The summed E-state index contributed by atoms with van der Waals surface area (Å²) >= 11 is 0. The van der Waals surface area contributed by atoms with Crippen LogP contribution in [0.5, 0.6) is 0 Å². The Morgan fingerprint density at radius 3 is 3.07 bits per heavy atom. The van der Waals surface area contributed by atoms with E-state index in [4.69, 9.17) is 4.42 Å². The van der Waals surface area contributed by atoms with Crippen molar-refractivity contribution in [2.24, 2.45) is 0 Å². The average Bonchev–Trinajstić information content (AvgIpc) is 2.89. The third-order valence-electron chi connectivity index (χ3n) is 3.07. The van der Waals surface area contributed by atoms with Gasteiger partial charge in [0.25, 0.3) is 0 Å². The van der Waals surface area contributed by atoms with E-state index in [9.17, 15) is 4.79 Å². The molecule has 1 aromatic heterocycles. The topological polar surface area (TPSA) is 42.2 Å². The van der Waals surface area contributed by atoms with Crippen molar-refractivity contribution in [1.82, 2.24) is 5.32 Å². The van der Waals surface area contributed by atoms with Crippen LogP contribution in [0.3, 0.4) is 0 Å². The van der Waals surface area contributed by atoms with Gasteiger partial charge in [-0.1, -0.05) is 6.92 Å². The minimum Gasteiger partial charge on any atom is -0.472 e. The van der Waals surface area contributed by atoms with Crippen molar-refractivity contribution in [1.29, 1.82) is 0 Å². The molecule has 1 fully saturated rings. The van der Waals surface area contributed by atoms with Crippen molar-refractivity contribution in [3.05, 3.63) is 24.2 Å². The molecule has 1 atom stereocenters. The lowest BCUT2D eigenvalue weighted by Crippen LogP contribution is -2.46. The number of ketones is 1. The minimum absolute atomic E-state index is 0.172. The Morgan fingerprint density at radius 1 is 1.71 bits per heavy atom. The van der Waals surface area contributed by atoms with Crippen molar-refractivity contribution in [2.75, 3.05) is 6.54 Å². The van der Waals surface area contributed by atoms with Crippen LogP contribution in [0.2, 0.25) is 0 Å². The molecule has 0 bridgehead atoms. The zero-order chi connectivity index (χ0) is 10.0. The van der Waals surface area contributed by atoms with Gasteiger partial charge in [-0.25, -0.2) is 0 Å². The Balaban J connectivity index is 2.24. The highest BCUT2D eigenvalue weighted by Gasteiger charge is 2.39. The highest BCUT2D eigenvalue weighted by Crippen LogP contribution is 2.27. The Labute approximate surface area is 83.5 Å². The Morgan fingerprint density at radius 2 is 2.57 bits per heavy atom. The Kier molecular flexibility index (Phi) is 2.42. The zero-order valence-electron chi connectivity index (χ0n) is 8.38. The van der Waals surface area contributed by atoms with Gasteiger partial charge >= 0.3 is 0 Å². The summed E-state index contributed by atoms with van der Waals surface area (Å²) in [5.74, 6) is 0.172. The fourth-order valence-corrected chi connectivity index (χ4v) is 2.13. The van der Waals surface area contributed by atoms with E-state index in [0.717, 1.165) is 25.8 Å². The Bertz CT molecular complexity index is 310. The summed E-state index contributed by atoms with van der Waals surface area (Å²) in [7, 11) is 0. The molecule has 0 aliphatic carbocycles. The van der Waals surface area contributed by atoms with E-state index >= 15 is 0 Å². The van der Waals surface area contributed by atoms with Crippen LogP contribution < -0.4 is 5.32 Å². The fourth-order valence-electron chi connectivity index (χ4n) is 2.13. The lowest BCUT2D eigenvalue weighted by atomic mass is 9.86. The number of nitrogens with one attached hydrogen (secondary N) is 1. The van der Waals surface area contributed by atoms with E-state index in [1.807, 2.05) is 0 Å². The molecule has 0 aromatic carbocycles. The van der Waals surface area contributed by atoms with Gasteiger partial charge < -0.3 is 9.73 Å². The predicted octanol–water partition coefficient (Wildman–Crippen LogP) is 1.99. The molecule has 3 nitrogen and oxygen atoms in total. The second kappa shape index (κ2) is 3.58. The number of rotatable bonds is 3. The van der Waals surface area contributed by atoms with E-state index in [-0.39, 0.29) is 11.3 Å². The molecule has 1 saturated heterocycles. The van der Waals surface area contributed by atoms with Crippen molar-refractivity contribution >= 4 is 5.78 Å². The minimum atomic E-state index is -0.329. The second-order valence-electron chi connectivity index (χ2n) is 3.81. The molecular formula is C11H15NO2. The van der Waals surface area contributed by atoms with Gasteiger partial charge in [-0.05, 0) is 31.9 Å². The quantitative estimate of drug-likeness (QED) is 0.746. The number of carbonyl (C=O) groups excluding carboxylic acids is 1. The molecule has 1 N–H and O–H groups in total. The molecule has 76 valence electrons. The molecule has 0 radical (unpaired) electrons. The molecule has 2 heterocycles. The van der Waals surface area contributed by atoms with Crippen molar-refractivity contribution < 1.29 is 9.21 Å². The first kappa shape index (κ1) is 9.46. The number of Topliss-reactive ketones (excluding diaryl/α,β-unsaturated/α-hetero) is 1. The maximum atomic E-state index is 12.1. The second-order valence-corrected chi connectivity index (χ2v) is 3.81. The number of furan rings is 1. The first-order chi connectivity index (χ1) is 6.78. The van der Waals surface area contributed by atoms with Gasteiger partial charge in [0.15, 0.2) is 5.78 Å². The largest absolute Gasteiger partial charge is 0.472 e. The normalized spacial score (nSPS) is 26.6. The summed E-state index contributed by atoms with van der Waals surface area (Å²) < 4.78 is 4.94. The number of carbonyl (C=O) groups is 1. The van der Waals surface area contributed by atoms with E-state index < -0.39 is 0 Å². The van der Waals surface area contributed by atoms with Crippen LogP contribution in [0.1, 0.15) is 36.5 Å². The van der Waals surface area contributed by atoms with Crippen LogP contribution in [-0.4, -0.2) is 17.9 Å². The molecule has 1 unspecified atom stereocenters. The van der Waals surface area contributed by atoms with Crippen LogP contribution in [0.15, 0.2) is 23.0 Å². The van der Waals surface area contributed by atoms with Gasteiger partial charge in [-0.15, -0.1) is 0 Å². The molecule has 1 aliphatic heterocycles. The average molecular weight is 193 g/mol. The van der Waals surface area contributed by atoms with Gasteiger partial charge in [0.1, 0.15) is 6.26 Å². The maximum absolute atomic E-state index is 12.1. The number of hydrogen-bond donors (Lipinski definition) is 1. The van der Waals surface area contributed by atoms with Crippen LogP contribution in [-0.2, 0) is 0 Å². The van der Waals surface area contributed by atoms with Crippen molar-refractivity contribution in [2.45, 2.75) is 31.7 Å². The van der Waals surface area contributed by atoms with Gasteiger partial charge in [0.05, 0.1) is 17.4 Å². The number of hydrogen-bond acceptors (Lipinski definition) is 3. The van der Waals surface area contributed by atoms with Gasteiger partial charge in [-0.3, -0.25) is 4.79 Å². The monoisotopic (exact) mass is 193 g/mol. The predicted molar refractivity (Wildman–Crippen MR) is 53.3 cm³/mol. The molecule has 14 heavy (non-hydrogen) atoms. The molecule has 2 rings (SSSR count). The standard InChI is InChI=1S/C11H15NO2/c1-2-11(5-3-6-12-11)10(13)9-4-7-14-8-9/h4,7-8,12H,2-3,5-6H2,1H3. The zero-order valence-corrected chi connectivity index (χ0v) is 8.38. The first-order valence-corrected chi connectivity index (χ1v) is 5.10. The van der Waals surface area contributed by atoms with E-state index in [2.05, 4.69) is 12.2 Å². The third kappa shape index (κ3) is 1.38. The van der Waals surface area contributed by atoms with Crippen LogP contribution in [0.25, 0.3) is 0 Å². The fraction of sp³-hybridized carbons (Fsp3) is 0.545. The van der Waals surface area contributed by atoms with Crippen LogP contribution >= 0.6 is 0 Å². The van der Waals surface area contributed by atoms with Gasteiger partial charge in [0.2, 0.25) is 0 Å². The van der Waals surface area contributed by atoms with Crippen molar-refractivity contribution in [3.8, 4) is 0 Å². The highest BCUT2D eigenvalue weighted by molar-refractivity contribution is 6.03. The van der Waals surface area contributed by atoms with Gasteiger partial charge in [0, 0.05) is 0 Å². The molecule has 3 heteroatoms. The Hall–Kier alpha value is -1.09. The van der Waals surface area contributed by atoms with E-state index in [1.165, 1.54) is 6.26 Å². The van der Waals surface area contributed by atoms with Crippen LogP contribution in [0, 0.1) is 0 Å². The van der Waals surface area contributed by atoms with Crippen LogP contribution in [0.4, 0.5) is 0 Å². The maximum Gasteiger partial charge on any atom is 0.186 e. The summed E-state index contributed by atoms with van der Waals surface area (Å²) in [6, 6.07) is 1.74. The van der Waals surface area contributed by atoms with E-state index in [1.54, 1.807) is 12.3 Å². The third-order valence-corrected chi connectivity index (χ3v) is 3.07. The molecule has 0 spiro atoms. The summed E-state index contributed by atoms with van der Waals surface area (Å²) in [6.45, 7) is 2.99. The lowest BCUT2D eigenvalue weighted by Gasteiger charge is -2.25. The van der Waals surface area contributed by atoms with Gasteiger partial charge in [-0.2, -0.15) is 0 Å². The molecule has 0 amide bonds. The lowest BCUT2D eigenvalue weighted by molar-refractivity contribution is 0.0863. The molecule has 0 saturated carbocycles. The van der Waals surface area contributed by atoms with Crippen molar-refractivity contribution in [3.63, 3.8) is 0 Å². The smallest absolute Gasteiger partial charge is 0.186 e. The first-order valence-electron chi connectivity index (χ1n) is 5.10. The SMILES string of the molecule is CCC1(C(=O)c2ccoc2)CCCN1. The molecule has 1 aliphatic rings. The highest BCUT2D eigenvalue weighted by atomic mass is 16.3. The van der Waals surface area contributed by atoms with E-state index in [0.29, 0.717) is 5.56 Å². The summed E-state index contributed by atoms with van der Waals surface area (Å²) in [5, 5.41) is 3.32. The summed E-state index contributed by atoms with van der Waals surface area (Å²) in [6.07, 6.45) is 5.94. The summed E-state index contributed by atoms with van der Waals surface area (Å²) in [5.41, 5.74) is 0.352. The summed E-state index contributed by atoms with van der Waals surface area (Å²) in [4.78, 5) is 12.1. The molecule has 1 aromatic rings. The molecular weight excluding hydrogens is 178 g/mol.